The fourth-order valence-electron chi connectivity index (χ4n) is 2.14. The van der Waals surface area contributed by atoms with Gasteiger partial charge in [0.15, 0.2) is 11.5 Å². The molecule has 20 heavy (non-hydrogen) atoms. The summed E-state index contributed by atoms with van der Waals surface area (Å²) in [7, 11) is 0. The zero-order valence-corrected chi connectivity index (χ0v) is 12.3. The topological polar surface area (TPSA) is 73.9 Å². The summed E-state index contributed by atoms with van der Waals surface area (Å²) in [6, 6.07) is 3.22. The molecule has 0 aromatic heterocycles. The van der Waals surface area contributed by atoms with Gasteiger partial charge >= 0.3 is 5.97 Å². The summed E-state index contributed by atoms with van der Waals surface area (Å²) in [5, 5.41) is 2.71. The largest absolute Gasteiger partial charge is 0.464 e. The predicted octanol–water partition coefficient (Wildman–Crippen LogP) is 1.61. The summed E-state index contributed by atoms with van der Waals surface area (Å²) >= 11 is 3.33. The highest BCUT2D eigenvalue weighted by Crippen LogP contribution is 2.40. The number of hydrogen-bond acceptors (Lipinski definition) is 5. The summed E-state index contributed by atoms with van der Waals surface area (Å²) in [5.41, 5.74) is -0.582. The number of rotatable bonds is 2. The highest BCUT2D eigenvalue weighted by Gasteiger charge is 2.41. The zero-order valence-electron chi connectivity index (χ0n) is 10.7. The Labute approximate surface area is 123 Å². The van der Waals surface area contributed by atoms with E-state index in [9.17, 15) is 9.59 Å². The molecular weight excluding hydrogens is 330 g/mol. The molecule has 2 heterocycles. The van der Waals surface area contributed by atoms with Gasteiger partial charge in [0.25, 0.3) is 5.91 Å². The molecule has 0 radical (unpaired) electrons. The summed E-state index contributed by atoms with van der Waals surface area (Å²) in [5.74, 6) is 0.313. The zero-order chi connectivity index (χ0) is 14.3. The Morgan fingerprint density at radius 2 is 2.15 bits per heavy atom. The highest BCUT2D eigenvalue weighted by molar-refractivity contribution is 9.10. The molecule has 1 saturated heterocycles. The van der Waals surface area contributed by atoms with Gasteiger partial charge in [-0.25, -0.2) is 4.79 Å². The highest BCUT2D eigenvalue weighted by atomic mass is 79.9. The van der Waals surface area contributed by atoms with E-state index >= 15 is 0 Å². The Kier molecular flexibility index (Phi) is 3.08. The van der Waals surface area contributed by atoms with Crippen LogP contribution in [0.1, 0.15) is 23.7 Å². The molecule has 106 valence electrons. The maximum Gasteiger partial charge on any atom is 0.331 e. The first-order chi connectivity index (χ1) is 9.49. The van der Waals surface area contributed by atoms with E-state index in [0.717, 1.165) is 0 Å². The number of carbonyl (C=O) groups excluding carboxylic acids is 2. The van der Waals surface area contributed by atoms with E-state index in [-0.39, 0.29) is 12.7 Å². The van der Waals surface area contributed by atoms with Crippen molar-refractivity contribution in [3.63, 3.8) is 0 Å². The molecule has 0 aliphatic carbocycles. The number of esters is 1. The lowest BCUT2D eigenvalue weighted by atomic mass is 10.00. The minimum Gasteiger partial charge on any atom is -0.464 e. The minimum atomic E-state index is -0.972. The third-order valence-corrected chi connectivity index (χ3v) is 3.95. The lowest BCUT2D eigenvalue weighted by Gasteiger charge is -2.20. The predicted molar refractivity (Wildman–Crippen MR) is 71.7 cm³/mol. The maximum absolute atomic E-state index is 12.3. The van der Waals surface area contributed by atoms with Gasteiger partial charge < -0.3 is 19.5 Å². The van der Waals surface area contributed by atoms with Gasteiger partial charge in [-0.15, -0.1) is 0 Å². The van der Waals surface area contributed by atoms with E-state index in [1.807, 2.05) is 0 Å². The molecule has 7 heteroatoms. The maximum atomic E-state index is 12.3. The molecule has 6 nitrogen and oxygen atoms in total. The second-order valence-corrected chi connectivity index (χ2v) is 5.72. The molecule has 3 rings (SSSR count). The average molecular weight is 342 g/mol. The van der Waals surface area contributed by atoms with Gasteiger partial charge in [0, 0.05) is 12.0 Å². The van der Waals surface area contributed by atoms with Crippen molar-refractivity contribution in [2.75, 3.05) is 13.4 Å². The molecule has 1 aromatic carbocycles. The van der Waals surface area contributed by atoms with Crippen LogP contribution in [0.2, 0.25) is 0 Å². The molecule has 1 fully saturated rings. The number of benzene rings is 1. The number of carbonyl (C=O) groups is 2. The first kappa shape index (κ1) is 13.2. The van der Waals surface area contributed by atoms with Crippen molar-refractivity contribution in [1.82, 2.24) is 5.32 Å². The molecule has 1 N–H and O–H groups in total. The molecular formula is C13H12BrNO5. The third kappa shape index (κ3) is 2.11. The van der Waals surface area contributed by atoms with E-state index in [0.29, 0.717) is 34.6 Å². The molecule has 1 amide bonds. The molecule has 0 bridgehead atoms. The normalized spacial score (nSPS) is 23.6. The molecule has 1 aromatic rings. The van der Waals surface area contributed by atoms with Gasteiger partial charge in [-0.2, -0.15) is 0 Å². The van der Waals surface area contributed by atoms with Gasteiger partial charge in [0.05, 0.1) is 11.1 Å². The van der Waals surface area contributed by atoms with Crippen molar-refractivity contribution in [2.45, 2.75) is 18.9 Å². The molecule has 1 unspecified atom stereocenters. The number of cyclic esters (lactones) is 1. The second-order valence-electron chi connectivity index (χ2n) is 4.86. The van der Waals surface area contributed by atoms with Crippen LogP contribution in [-0.4, -0.2) is 30.8 Å². The van der Waals surface area contributed by atoms with Crippen LogP contribution in [0.25, 0.3) is 0 Å². The molecule has 0 saturated carbocycles. The molecule has 2 aliphatic heterocycles. The third-order valence-electron chi connectivity index (χ3n) is 3.36. The van der Waals surface area contributed by atoms with Gasteiger partial charge in [-0.3, -0.25) is 4.79 Å². The fraction of sp³-hybridized carbons (Fsp3) is 0.385. The van der Waals surface area contributed by atoms with Gasteiger partial charge in [-0.1, -0.05) is 0 Å². The van der Waals surface area contributed by atoms with Crippen molar-refractivity contribution in [2.24, 2.45) is 0 Å². The lowest BCUT2D eigenvalue weighted by molar-refractivity contribution is -0.142. The molecule has 2 aliphatic rings. The second kappa shape index (κ2) is 4.66. The number of fused-ring (bicyclic) bond motifs is 1. The Hall–Kier alpha value is -1.76. The van der Waals surface area contributed by atoms with Crippen molar-refractivity contribution < 1.29 is 23.8 Å². The van der Waals surface area contributed by atoms with Crippen molar-refractivity contribution in [3.05, 3.63) is 22.2 Å². The quantitative estimate of drug-likeness (QED) is 0.827. The first-order valence-electron chi connectivity index (χ1n) is 6.08. The smallest absolute Gasteiger partial charge is 0.331 e. The van der Waals surface area contributed by atoms with Crippen LogP contribution in [0, 0.1) is 0 Å². The van der Waals surface area contributed by atoms with Crippen LogP contribution in [-0.2, 0) is 9.53 Å². The number of amides is 1. The SMILES string of the molecule is CC1(NC(=O)c2cc(Br)c3c(c2)OCO3)CCOC1=O. The van der Waals surface area contributed by atoms with E-state index in [1.165, 1.54) is 0 Å². The van der Waals surface area contributed by atoms with E-state index in [2.05, 4.69) is 21.2 Å². The number of hydrogen-bond donors (Lipinski definition) is 1. The standard InChI is InChI=1S/C13H12BrNO5/c1-13(2-3-18-12(13)17)15-11(16)7-4-8(14)10-9(5-7)19-6-20-10/h4-5H,2-3,6H2,1H3,(H,15,16). The lowest BCUT2D eigenvalue weighted by Crippen LogP contribution is -2.49. The van der Waals surface area contributed by atoms with Gasteiger partial charge in [-0.05, 0) is 35.0 Å². The van der Waals surface area contributed by atoms with Crippen LogP contribution in [0.3, 0.4) is 0 Å². The van der Waals surface area contributed by atoms with Gasteiger partial charge in [0.1, 0.15) is 5.54 Å². The van der Waals surface area contributed by atoms with Crippen LogP contribution in [0.5, 0.6) is 11.5 Å². The number of halogens is 1. The van der Waals surface area contributed by atoms with Crippen molar-refractivity contribution >= 4 is 27.8 Å². The average Bonchev–Trinajstić information content (AvgIpc) is 2.98. The molecule has 1 atom stereocenters. The summed E-state index contributed by atoms with van der Waals surface area (Å²) < 4.78 is 16.1. The van der Waals surface area contributed by atoms with E-state index in [4.69, 9.17) is 14.2 Å². The number of nitrogens with one attached hydrogen (secondary N) is 1. The van der Waals surface area contributed by atoms with Crippen LogP contribution in [0.15, 0.2) is 16.6 Å². The van der Waals surface area contributed by atoms with Crippen molar-refractivity contribution in [3.8, 4) is 11.5 Å². The summed E-state index contributed by atoms with van der Waals surface area (Å²) in [6.45, 7) is 2.10. The summed E-state index contributed by atoms with van der Waals surface area (Å²) in [4.78, 5) is 23.9. The Morgan fingerprint density at radius 1 is 1.35 bits per heavy atom. The Balaban J connectivity index is 1.85. The monoisotopic (exact) mass is 341 g/mol. The Bertz CT molecular complexity index is 603. The van der Waals surface area contributed by atoms with Crippen LogP contribution >= 0.6 is 15.9 Å². The summed E-state index contributed by atoms with van der Waals surface area (Å²) in [6.07, 6.45) is 0.462. The molecule has 0 spiro atoms. The van der Waals surface area contributed by atoms with E-state index in [1.54, 1.807) is 19.1 Å². The Morgan fingerprint density at radius 3 is 2.85 bits per heavy atom. The minimum absolute atomic E-state index is 0.128. The van der Waals surface area contributed by atoms with Gasteiger partial charge in [0.2, 0.25) is 6.79 Å². The fourth-order valence-corrected chi connectivity index (χ4v) is 2.70. The first-order valence-corrected chi connectivity index (χ1v) is 6.88. The number of ether oxygens (including phenoxy) is 3. The van der Waals surface area contributed by atoms with E-state index < -0.39 is 11.5 Å². The van der Waals surface area contributed by atoms with Crippen LogP contribution < -0.4 is 14.8 Å². The van der Waals surface area contributed by atoms with Crippen LogP contribution in [0.4, 0.5) is 0 Å². The van der Waals surface area contributed by atoms with Crippen molar-refractivity contribution in [1.29, 1.82) is 0 Å².